The number of carbonyl (C=O) groups excluding carboxylic acids is 2. The van der Waals surface area contributed by atoms with Gasteiger partial charge < -0.3 is 14.7 Å². The van der Waals surface area contributed by atoms with Gasteiger partial charge in [0.15, 0.2) is 0 Å². The molecular weight excluding hydrogens is 434 g/mol. The van der Waals surface area contributed by atoms with Crippen LogP contribution in [0.1, 0.15) is 85.3 Å². The van der Waals surface area contributed by atoms with Crippen LogP contribution in [-0.4, -0.2) is 35.7 Å². The molecule has 1 N–H and O–H groups in total. The molecule has 1 amide bonds. The third-order valence-corrected chi connectivity index (χ3v) is 7.20. The molecule has 0 spiro atoms. The van der Waals surface area contributed by atoms with Crippen molar-refractivity contribution in [1.29, 1.82) is 0 Å². The van der Waals surface area contributed by atoms with E-state index in [9.17, 15) is 9.59 Å². The Morgan fingerprint density at radius 2 is 1.82 bits per heavy atom. The summed E-state index contributed by atoms with van der Waals surface area (Å²) in [6.45, 7) is 3.99. The second-order valence-corrected chi connectivity index (χ2v) is 10.3. The van der Waals surface area contributed by atoms with Crippen LogP contribution >= 0.6 is 11.3 Å². The largest absolute Gasteiger partial charge is 0.459 e. The molecule has 1 aliphatic heterocycles. The summed E-state index contributed by atoms with van der Waals surface area (Å²) >= 11 is 1.51. The van der Waals surface area contributed by atoms with Crippen molar-refractivity contribution in [2.75, 3.05) is 11.5 Å². The number of anilines is 1. The molecule has 0 bridgehead atoms. The Morgan fingerprint density at radius 1 is 1.06 bits per heavy atom. The molecule has 2 aromatic rings. The minimum absolute atomic E-state index is 0.111. The Bertz CT molecular complexity index is 890. The molecule has 1 aliphatic rings. The number of aryl methyl sites for hydroxylation is 2. The van der Waals surface area contributed by atoms with Crippen LogP contribution in [0.5, 0.6) is 0 Å². The van der Waals surface area contributed by atoms with Crippen LogP contribution in [0.4, 0.5) is 5.69 Å². The van der Waals surface area contributed by atoms with E-state index in [1.54, 1.807) is 0 Å². The van der Waals surface area contributed by atoms with E-state index in [-0.39, 0.29) is 30.6 Å². The van der Waals surface area contributed by atoms with E-state index in [1.165, 1.54) is 21.8 Å². The van der Waals surface area contributed by atoms with Crippen molar-refractivity contribution in [3.8, 4) is 0 Å². The zero-order valence-electron chi connectivity index (χ0n) is 19.9. The molecule has 3 rings (SSSR count). The first-order valence-electron chi connectivity index (χ1n) is 12.3. The van der Waals surface area contributed by atoms with Gasteiger partial charge in [0, 0.05) is 29.6 Å². The maximum atomic E-state index is 12.6. The van der Waals surface area contributed by atoms with Gasteiger partial charge in [-0.3, -0.25) is 4.79 Å². The van der Waals surface area contributed by atoms with Gasteiger partial charge in [0.25, 0.3) is 0 Å². The van der Waals surface area contributed by atoms with Crippen LogP contribution in [0.15, 0.2) is 36.4 Å². The van der Waals surface area contributed by atoms with Gasteiger partial charge >= 0.3 is 5.97 Å². The lowest BCUT2D eigenvalue weighted by Gasteiger charge is -2.25. The maximum absolute atomic E-state index is 12.6. The number of thiophene rings is 1. The number of carbonyl (C=O) groups is 2. The zero-order chi connectivity index (χ0) is 23.6. The Labute approximate surface area is 201 Å². The number of unbranched alkanes of at least 4 members (excludes halogenated alkanes) is 3. The van der Waals surface area contributed by atoms with Gasteiger partial charge in [-0.15, -0.1) is 11.3 Å². The van der Waals surface area contributed by atoms with E-state index in [1.807, 2.05) is 30.9 Å². The van der Waals surface area contributed by atoms with E-state index < -0.39 is 0 Å². The SMILES string of the molecule is CC(C)OC(=O)c1ccc(CCC[C@H]2CCC(=O)N2c2ccc(CCCCCCO)cc2)s1. The van der Waals surface area contributed by atoms with Gasteiger partial charge in [0.1, 0.15) is 4.88 Å². The van der Waals surface area contributed by atoms with Crippen LogP contribution < -0.4 is 4.90 Å². The van der Waals surface area contributed by atoms with E-state index in [0.29, 0.717) is 11.3 Å². The van der Waals surface area contributed by atoms with Crippen LogP contribution in [0.25, 0.3) is 0 Å². The van der Waals surface area contributed by atoms with Crippen LogP contribution in [0.2, 0.25) is 0 Å². The van der Waals surface area contributed by atoms with Crippen molar-refractivity contribution in [2.24, 2.45) is 0 Å². The predicted molar refractivity (Wildman–Crippen MR) is 134 cm³/mol. The van der Waals surface area contributed by atoms with Gasteiger partial charge in [-0.25, -0.2) is 4.79 Å². The number of esters is 1. The number of aliphatic hydroxyl groups is 1. The molecule has 1 aromatic heterocycles. The van der Waals surface area contributed by atoms with Gasteiger partial charge in [0.2, 0.25) is 5.91 Å². The Balaban J connectivity index is 1.49. The van der Waals surface area contributed by atoms with Crippen molar-refractivity contribution in [2.45, 2.75) is 90.2 Å². The van der Waals surface area contributed by atoms with Crippen molar-refractivity contribution in [3.05, 3.63) is 51.7 Å². The molecule has 0 saturated carbocycles. The molecule has 180 valence electrons. The number of ether oxygens (including phenoxy) is 1. The highest BCUT2D eigenvalue weighted by Crippen LogP contribution is 2.30. The molecule has 2 heterocycles. The minimum atomic E-state index is -0.248. The Kier molecular flexibility index (Phi) is 9.95. The van der Waals surface area contributed by atoms with E-state index in [4.69, 9.17) is 9.84 Å². The molecule has 0 radical (unpaired) electrons. The summed E-state index contributed by atoms with van der Waals surface area (Å²) in [6, 6.07) is 12.6. The van der Waals surface area contributed by atoms with E-state index >= 15 is 0 Å². The average molecular weight is 472 g/mol. The second kappa shape index (κ2) is 12.9. The fraction of sp³-hybridized carbons (Fsp3) is 0.556. The average Bonchev–Trinajstić information content (AvgIpc) is 3.41. The first kappa shape index (κ1) is 25.4. The third-order valence-electron chi connectivity index (χ3n) is 6.08. The Hall–Kier alpha value is -2.18. The third kappa shape index (κ3) is 7.68. The smallest absolute Gasteiger partial charge is 0.348 e. The van der Waals surface area contributed by atoms with Gasteiger partial charge in [-0.2, -0.15) is 0 Å². The highest BCUT2D eigenvalue weighted by atomic mass is 32.1. The van der Waals surface area contributed by atoms with E-state index in [2.05, 4.69) is 24.3 Å². The number of hydrogen-bond acceptors (Lipinski definition) is 5. The monoisotopic (exact) mass is 471 g/mol. The molecule has 33 heavy (non-hydrogen) atoms. The fourth-order valence-electron chi connectivity index (χ4n) is 4.40. The molecule has 1 fully saturated rings. The van der Waals surface area contributed by atoms with Crippen LogP contribution in [-0.2, 0) is 22.4 Å². The molecule has 5 nitrogen and oxygen atoms in total. The molecule has 1 saturated heterocycles. The highest BCUT2D eigenvalue weighted by Gasteiger charge is 2.31. The van der Waals surface area contributed by atoms with Gasteiger partial charge in [-0.1, -0.05) is 25.0 Å². The van der Waals surface area contributed by atoms with Crippen LogP contribution in [0, 0.1) is 0 Å². The number of amides is 1. The number of nitrogens with zero attached hydrogens (tertiary/aromatic N) is 1. The lowest BCUT2D eigenvalue weighted by molar-refractivity contribution is -0.117. The number of benzene rings is 1. The van der Waals surface area contributed by atoms with Crippen molar-refractivity contribution < 1.29 is 19.4 Å². The summed E-state index contributed by atoms with van der Waals surface area (Å²) in [4.78, 5) is 28.5. The van der Waals surface area contributed by atoms with E-state index in [0.717, 1.165) is 63.5 Å². The molecular formula is C27H37NO4S. The number of hydrogen-bond donors (Lipinski definition) is 1. The first-order chi connectivity index (χ1) is 16.0. The summed E-state index contributed by atoms with van der Waals surface area (Å²) < 4.78 is 5.27. The Morgan fingerprint density at radius 3 is 2.55 bits per heavy atom. The second-order valence-electron chi connectivity index (χ2n) is 9.12. The van der Waals surface area contributed by atoms with Crippen molar-refractivity contribution in [1.82, 2.24) is 0 Å². The molecule has 0 unspecified atom stereocenters. The summed E-state index contributed by atoms with van der Waals surface area (Å²) in [6.07, 6.45) is 9.53. The van der Waals surface area contributed by atoms with Crippen molar-refractivity contribution >= 4 is 28.9 Å². The number of rotatable bonds is 13. The van der Waals surface area contributed by atoms with Gasteiger partial charge in [0.05, 0.1) is 6.10 Å². The zero-order valence-corrected chi connectivity index (χ0v) is 20.7. The minimum Gasteiger partial charge on any atom is -0.459 e. The fourth-order valence-corrected chi connectivity index (χ4v) is 5.33. The highest BCUT2D eigenvalue weighted by molar-refractivity contribution is 7.13. The summed E-state index contributed by atoms with van der Waals surface area (Å²) in [5, 5.41) is 8.87. The topological polar surface area (TPSA) is 66.8 Å². The predicted octanol–water partition coefficient (Wildman–Crippen LogP) is 5.93. The van der Waals surface area contributed by atoms with Gasteiger partial charge in [-0.05, 0) is 88.6 Å². The number of aliphatic hydroxyl groups excluding tert-OH is 1. The standard InChI is InChI=1S/C27H37NO4S/c1-20(2)32-27(31)25-17-16-24(33-25)10-7-9-22-15-18-26(30)28(22)23-13-11-21(12-14-23)8-5-3-4-6-19-29/h11-14,16-17,20,22,29H,3-10,15,18-19H2,1-2H3/t22-/m0/s1. The quantitative estimate of drug-likeness (QED) is 0.291. The summed E-state index contributed by atoms with van der Waals surface area (Å²) in [5.74, 6) is -0.0333. The van der Waals surface area contributed by atoms with Crippen molar-refractivity contribution in [3.63, 3.8) is 0 Å². The first-order valence-corrected chi connectivity index (χ1v) is 13.1. The summed E-state index contributed by atoms with van der Waals surface area (Å²) in [5.41, 5.74) is 2.30. The van der Waals surface area contributed by atoms with Crippen LogP contribution in [0.3, 0.4) is 0 Å². The normalized spacial score (nSPS) is 16.1. The lowest BCUT2D eigenvalue weighted by Crippen LogP contribution is -2.32. The maximum Gasteiger partial charge on any atom is 0.348 e. The molecule has 0 aliphatic carbocycles. The lowest BCUT2D eigenvalue weighted by atomic mass is 10.0. The molecule has 6 heteroatoms. The summed E-state index contributed by atoms with van der Waals surface area (Å²) in [7, 11) is 0. The molecule has 1 atom stereocenters. The molecule has 1 aromatic carbocycles.